The second kappa shape index (κ2) is 6.28. The molecule has 1 aliphatic heterocycles. The van der Waals surface area contributed by atoms with Crippen molar-refractivity contribution in [2.75, 3.05) is 16.8 Å². The van der Waals surface area contributed by atoms with Crippen molar-refractivity contribution in [3.63, 3.8) is 0 Å². The highest BCUT2D eigenvalue weighted by atomic mass is 19.1. The summed E-state index contributed by atoms with van der Waals surface area (Å²) in [6.07, 6.45) is 2.60. The van der Waals surface area contributed by atoms with Crippen LogP contribution in [0.5, 0.6) is 0 Å². The standard InChI is InChI=1S/C19H17FN4/c20-16-7-5-14(6-8-16)12-21-18-11-19(23-13-22-18)24-10-9-15-3-1-2-4-17(15)24/h1-8,11,13H,9-10,12H2,(H,21,22,23). The predicted octanol–water partition coefficient (Wildman–Crippen LogP) is 3.92. The fraction of sp³-hybridized carbons (Fsp3) is 0.158. The number of rotatable bonds is 4. The van der Waals surface area contributed by atoms with Gasteiger partial charge in [0.05, 0.1) is 0 Å². The summed E-state index contributed by atoms with van der Waals surface area (Å²) in [7, 11) is 0. The van der Waals surface area contributed by atoms with Gasteiger partial charge in [-0.1, -0.05) is 30.3 Å². The van der Waals surface area contributed by atoms with E-state index in [2.05, 4.69) is 38.4 Å². The Morgan fingerprint density at radius 3 is 2.75 bits per heavy atom. The maximum atomic E-state index is 13.0. The van der Waals surface area contributed by atoms with E-state index in [4.69, 9.17) is 0 Å². The zero-order valence-electron chi connectivity index (χ0n) is 13.1. The number of nitrogens with one attached hydrogen (secondary N) is 1. The minimum atomic E-state index is -0.226. The molecule has 1 N–H and O–H groups in total. The molecule has 1 aliphatic rings. The van der Waals surface area contributed by atoms with E-state index in [1.165, 1.54) is 23.4 Å². The van der Waals surface area contributed by atoms with Crippen molar-refractivity contribution in [1.82, 2.24) is 9.97 Å². The summed E-state index contributed by atoms with van der Waals surface area (Å²) in [6.45, 7) is 1.51. The molecule has 0 saturated carbocycles. The van der Waals surface area contributed by atoms with E-state index in [-0.39, 0.29) is 5.82 Å². The van der Waals surface area contributed by atoms with Crippen LogP contribution in [0.4, 0.5) is 21.7 Å². The molecule has 0 saturated heterocycles. The molecule has 0 atom stereocenters. The quantitative estimate of drug-likeness (QED) is 0.791. The van der Waals surface area contributed by atoms with Crippen molar-refractivity contribution in [3.8, 4) is 0 Å². The molecule has 0 fully saturated rings. The molecule has 2 aromatic carbocycles. The first-order valence-electron chi connectivity index (χ1n) is 7.95. The Bertz CT molecular complexity index is 848. The molecule has 0 amide bonds. The number of nitrogens with zero attached hydrogens (tertiary/aromatic N) is 3. The van der Waals surface area contributed by atoms with Crippen molar-refractivity contribution in [3.05, 3.63) is 77.9 Å². The molecule has 2 heterocycles. The Morgan fingerprint density at radius 1 is 1.04 bits per heavy atom. The monoisotopic (exact) mass is 320 g/mol. The van der Waals surface area contributed by atoms with Gasteiger partial charge in [0.15, 0.2) is 0 Å². The summed E-state index contributed by atoms with van der Waals surface area (Å²) >= 11 is 0. The second-order valence-electron chi connectivity index (χ2n) is 5.77. The number of para-hydroxylation sites is 1. The number of fused-ring (bicyclic) bond motifs is 1. The Balaban J connectivity index is 1.51. The third kappa shape index (κ3) is 2.93. The van der Waals surface area contributed by atoms with Crippen LogP contribution < -0.4 is 10.2 Å². The maximum Gasteiger partial charge on any atom is 0.138 e. The van der Waals surface area contributed by atoms with Crippen molar-refractivity contribution in [1.29, 1.82) is 0 Å². The van der Waals surface area contributed by atoms with Crippen molar-refractivity contribution in [2.45, 2.75) is 13.0 Å². The van der Waals surface area contributed by atoms with Crippen LogP contribution in [0.15, 0.2) is 60.9 Å². The van der Waals surface area contributed by atoms with E-state index in [0.29, 0.717) is 6.54 Å². The molecule has 4 rings (SSSR count). The molecule has 0 radical (unpaired) electrons. The largest absolute Gasteiger partial charge is 0.366 e. The van der Waals surface area contributed by atoms with Gasteiger partial charge in [0.1, 0.15) is 23.8 Å². The lowest BCUT2D eigenvalue weighted by Crippen LogP contribution is -2.15. The van der Waals surface area contributed by atoms with E-state index in [0.717, 1.165) is 30.2 Å². The first kappa shape index (κ1) is 14.6. The topological polar surface area (TPSA) is 41.0 Å². The number of anilines is 3. The van der Waals surface area contributed by atoms with E-state index in [1.54, 1.807) is 18.5 Å². The average molecular weight is 320 g/mol. The zero-order chi connectivity index (χ0) is 16.4. The second-order valence-corrected chi connectivity index (χ2v) is 5.77. The Labute approximate surface area is 140 Å². The van der Waals surface area contributed by atoms with E-state index < -0.39 is 0 Å². The molecule has 0 bridgehead atoms. The van der Waals surface area contributed by atoms with Crippen LogP contribution in [0, 0.1) is 5.82 Å². The highest BCUT2D eigenvalue weighted by Gasteiger charge is 2.20. The van der Waals surface area contributed by atoms with Crippen molar-refractivity contribution in [2.24, 2.45) is 0 Å². The average Bonchev–Trinajstić information content (AvgIpc) is 3.06. The van der Waals surface area contributed by atoms with Crippen LogP contribution >= 0.6 is 0 Å². The molecule has 3 aromatic rings. The molecule has 0 unspecified atom stereocenters. The van der Waals surface area contributed by atoms with Crippen LogP contribution in [0.3, 0.4) is 0 Å². The SMILES string of the molecule is Fc1ccc(CNc2cc(N3CCc4ccccc43)ncn2)cc1. The van der Waals surface area contributed by atoms with Gasteiger partial charge in [0.2, 0.25) is 0 Å². The van der Waals surface area contributed by atoms with Crippen molar-refractivity contribution >= 4 is 17.3 Å². The molecular formula is C19H17FN4. The minimum absolute atomic E-state index is 0.226. The fourth-order valence-electron chi connectivity index (χ4n) is 2.96. The van der Waals surface area contributed by atoms with E-state index >= 15 is 0 Å². The predicted molar refractivity (Wildman–Crippen MR) is 92.9 cm³/mol. The molecule has 0 spiro atoms. The summed E-state index contributed by atoms with van der Waals surface area (Å²) in [5, 5.41) is 3.27. The molecule has 4 nitrogen and oxygen atoms in total. The first-order chi connectivity index (χ1) is 11.8. The van der Waals surface area contributed by atoms with Gasteiger partial charge in [0.25, 0.3) is 0 Å². The summed E-state index contributed by atoms with van der Waals surface area (Å²) in [5.74, 6) is 1.42. The maximum absolute atomic E-state index is 13.0. The minimum Gasteiger partial charge on any atom is -0.366 e. The van der Waals surface area contributed by atoms with Gasteiger partial charge in [-0.2, -0.15) is 0 Å². The van der Waals surface area contributed by atoms with Gasteiger partial charge in [-0.25, -0.2) is 14.4 Å². The third-order valence-electron chi connectivity index (χ3n) is 4.20. The van der Waals surface area contributed by atoms with Crippen LogP contribution in [0.1, 0.15) is 11.1 Å². The lowest BCUT2D eigenvalue weighted by molar-refractivity contribution is 0.627. The first-order valence-corrected chi connectivity index (χ1v) is 7.95. The highest BCUT2D eigenvalue weighted by Crippen LogP contribution is 2.33. The third-order valence-corrected chi connectivity index (χ3v) is 4.20. The molecule has 5 heteroatoms. The van der Waals surface area contributed by atoms with Gasteiger partial charge < -0.3 is 10.2 Å². The van der Waals surface area contributed by atoms with Crippen LogP contribution in [-0.2, 0) is 13.0 Å². The number of hydrogen-bond donors (Lipinski definition) is 1. The number of halogens is 1. The van der Waals surface area contributed by atoms with Crippen LogP contribution in [0.25, 0.3) is 0 Å². The normalized spacial score (nSPS) is 13.0. The summed E-state index contributed by atoms with van der Waals surface area (Å²) < 4.78 is 13.0. The van der Waals surface area contributed by atoms with E-state index in [9.17, 15) is 4.39 Å². The molecule has 0 aliphatic carbocycles. The summed E-state index contributed by atoms with van der Waals surface area (Å²) in [5.41, 5.74) is 3.56. The smallest absolute Gasteiger partial charge is 0.138 e. The molecule has 24 heavy (non-hydrogen) atoms. The van der Waals surface area contributed by atoms with Gasteiger partial charge in [-0.15, -0.1) is 0 Å². The van der Waals surface area contributed by atoms with Crippen LogP contribution in [-0.4, -0.2) is 16.5 Å². The van der Waals surface area contributed by atoms with Gasteiger partial charge >= 0.3 is 0 Å². The summed E-state index contributed by atoms with van der Waals surface area (Å²) in [6, 6.07) is 16.8. The molecular weight excluding hydrogens is 303 g/mol. The van der Waals surface area contributed by atoms with Crippen LogP contribution in [0.2, 0.25) is 0 Å². The lowest BCUT2D eigenvalue weighted by Gasteiger charge is -2.18. The number of benzene rings is 2. The Morgan fingerprint density at radius 2 is 1.88 bits per heavy atom. The van der Waals surface area contributed by atoms with Gasteiger partial charge in [-0.3, -0.25) is 0 Å². The highest BCUT2D eigenvalue weighted by molar-refractivity contribution is 5.68. The summed E-state index contributed by atoms with van der Waals surface area (Å²) in [4.78, 5) is 10.9. The lowest BCUT2D eigenvalue weighted by atomic mass is 10.2. The van der Waals surface area contributed by atoms with Gasteiger partial charge in [0, 0.05) is 24.8 Å². The fourth-order valence-corrected chi connectivity index (χ4v) is 2.96. The Hall–Kier alpha value is -2.95. The number of aromatic nitrogens is 2. The number of hydrogen-bond acceptors (Lipinski definition) is 4. The zero-order valence-corrected chi connectivity index (χ0v) is 13.1. The van der Waals surface area contributed by atoms with Gasteiger partial charge in [-0.05, 0) is 35.7 Å². The van der Waals surface area contributed by atoms with E-state index in [1.807, 2.05) is 12.1 Å². The molecule has 1 aromatic heterocycles. The Kier molecular flexibility index (Phi) is 3.83. The molecule has 120 valence electrons. The van der Waals surface area contributed by atoms with Crippen molar-refractivity contribution < 1.29 is 4.39 Å².